The predicted molar refractivity (Wildman–Crippen MR) is 256 cm³/mol. The van der Waals surface area contributed by atoms with E-state index in [1.165, 1.54) is 321 Å². The highest BCUT2D eigenvalue weighted by Gasteiger charge is 1.99. The van der Waals surface area contributed by atoms with Crippen LogP contribution in [0.3, 0.4) is 0 Å². The van der Waals surface area contributed by atoms with Crippen LogP contribution < -0.4 is 0 Å². The van der Waals surface area contributed by atoms with E-state index in [1.807, 2.05) is 0 Å². The van der Waals surface area contributed by atoms with Crippen molar-refractivity contribution in [3.05, 3.63) is 6.42 Å². The van der Waals surface area contributed by atoms with Gasteiger partial charge in [-0.2, -0.15) is 0 Å². The molecule has 0 rings (SSSR count). The van der Waals surface area contributed by atoms with Crippen LogP contribution in [-0.2, 0) is 0 Å². The predicted octanol–water partition coefficient (Wildman–Crippen LogP) is 21.4. The second-order valence-corrected chi connectivity index (χ2v) is 19.3. The molecule has 0 saturated heterocycles. The smallest absolute Gasteiger partial charge is 0.0386 e. The van der Waals surface area contributed by atoms with Crippen LogP contribution in [0.4, 0.5) is 0 Å². The van der Waals surface area contributed by atoms with Crippen molar-refractivity contribution in [3.8, 4) is 0 Å². The van der Waals surface area contributed by atoms with Gasteiger partial charge in [0.1, 0.15) is 0 Å². The van der Waals surface area contributed by atoms with E-state index in [1.54, 1.807) is 0 Å². The van der Waals surface area contributed by atoms with Gasteiger partial charge in [-0.25, -0.2) is 0 Å². The molecule has 0 aromatic rings. The van der Waals surface area contributed by atoms with Crippen LogP contribution >= 0.6 is 0 Å². The van der Waals surface area contributed by atoms with Crippen molar-refractivity contribution in [3.63, 3.8) is 0 Å². The molecule has 0 aliphatic heterocycles. The van der Waals surface area contributed by atoms with E-state index in [4.69, 9.17) is 0 Å². The molecule has 0 amide bonds. The summed E-state index contributed by atoms with van der Waals surface area (Å²) in [7, 11) is 0. The summed E-state index contributed by atoms with van der Waals surface area (Å²) in [4.78, 5) is 0. The summed E-state index contributed by atoms with van der Waals surface area (Å²) in [6.07, 6.45) is 76.4. The molecule has 0 saturated carbocycles. The van der Waals surface area contributed by atoms with Gasteiger partial charge >= 0.3 is 0 Å². The minimum Gasteiger partial charge on any atom is -0.0654 e. The van der Waals surface area contributed by atoms with Gasteiger partial charge in [-0.05, 0) is 12.3 Å². The largest absolute Gasteiger partial charge is 0.0654 e. The highest BCUT2D eigenvalue weighted by molar-refractivity contribution is 4.65. The van der Waals surface area contributed by atoms with Gasteiger partial charge in [0, 0.05) is 0 Å². The molecule has 0 aliphatic rings. The molecular formula is C55H111. The molecule has 55 heavy (non-hydrogen) atoms. The van der Waals surface area contributed by atoms with Crippen LogP contribution in [0.15, 0.2) is 0 Å². The zero-order chi connectivity index (χ0) is 39.6. The third kappa shape index (κ3) is 54.0. The highest BCUT2D eigenvalue weighted by atomic mass is 14.1. The highest BCUT2D eigenvalue weighted by Crippen LogP contribution is 2.19. The summed E-state index contributed by atoms with van der Waals surface area (Å²) < 4.78 is 0. The Balaban J connectivity index is 3.05. The summed E-state index contributed by atoms with van der Waals surface area (Å²) >= 11 is 0. The standard InChI is InChI=1S/C55H111/c1-4-5-6-7-8-9-10-11-12-13-14-15-16-17-18-19-20-21-22-23-24-25-26-27-28-29-30-31-32-33-34-35-36-37-38-39-40-41-42-43-44-45-46-47-48-49-50-51-52-53-54-55(2)3/h30,55H,4-29,31-54H2,1-3H3. The molecule has 0 heterocycles. The minimum atomic E-state index is 0.895. The van der Waals surface area contributed by atoms with E-state index >= 15 is 0 Å². The van der Waals surface area contributed by atoms with E-state index < -0.39 is 0 Å². The van der Waals surface area contributed by atoms with Crippen LogP contribution in [-0.4, -0.2) is 0 Å². The fraction of sp³-hybridized carbons (Fsp3) is 0.982. The van der Waals surface area contributed by atoms with Gasteiger partial charge in [-0.1, -0.05) is 342 Å². The fourth-order valence-corrected chi connectivity index (χ4v) is 8.95. The molecule has 1 radical (unpaired) electrons. The van der Waals surface area contributed by atoms with E-state index in [0.29, 0.717) is 0 Å². The first-order valence-electron chi connectivity index (χ1n) is 27.1. The van der Waals surface area contributed by atoms with Crippen LogP contribution in [0.5, 0.6) is 0 Å². The average Bonchev–Trinajstić information content (AvgIpc) is 3.18. The molecule has 0 fully saturated rings. The molecular weight excluding hydrogens is 661 g/mol. The Kier molecular flexibility index (Phi) is 52.0. The van der Waals surface area contributed by atoms with E-state index in [9.17, 15) is 0 Å². The van der Waals surface area contributed by atoms with Gasteiger partial charge in [0.05, 0.1) is 0 Å². The molecule has 0 aliphatic carbocycles. The number of rotatable bonds is 51. The molecule has 0 atom stereocenters. The van der Waals surface area contributed by atoms with Gasteiger partial charge < -0.3 is 0 Å². The maximum Gasteiger partial charge on any atom is -0.0386 e. The zero-order valence-corrected chi connectivity index (χ0v) is 39.5. The van der Waals surface area contributed by atoms with Gasteiger partial charge in [0.25, 0.3) is 0 Å². The zero-order valence-electron chi connectivity index (χ0n) is 39.5. The molecule has 0 N–H and O–H groups in total. The summed E-state index contributed by atoms with van der Waals surface area (Å²) in [6, 6.07) is 0. The third-order valence-electron chi connectivity index (χ3n) is 13.0. The maximum absolute atomic E-state index is 2.61. The lowest BCUT2D eigenvalue weighted by atomic mass is 10.0. The number of unbranched alkanes of at least 4 members (excludes halogenated alkanes) is 49. The van der Waals surface area contributed by atoms with E-state index in [2.05, 4.69) is 27.2 Å². The first-order valence-corrected chi connectivity index (χ1v) is 27.1. The number of hydrogen-bond acceptors (Lipinski definition) is 0. The Hall–Kier alpha value is 0. The fourth-order valence-electron chi connectivity index (χ4n) is 8.95. The van der Waals surface area contributed by atoms with Crippen LogP contribution in [0, 0.1) is 12.3 Å². The second kappa shape index (κ2) is 52.0. The van der Waals surface area contributed by atoms with E-state index in [-0.39, 0.29) is 0 Å². The minimum absolute atomic E-state index is 0.895. The lowest BCUT2D eigenvalue weighted by molar-refractivity contribution is 0.500. The lowest BCUT2D eigenvalue weighted by Crippen LogP contribution is -1.87. The van der Waals surface area contributed by atoms with Crippen LogP contribution in [0.1, 0.15) is 342 Å². The summed E-state index contributed by atoms with van der Waals surface area (Å²) in [6.45, 7) is 7.02. The molecule has 0 unspecified atom stereocenters. The molecule has 0 aromatic carbocycles. The van der Waals surface area contributed by atoms with Gasteiger partial charge in [-0.3, -0.25) is 0 Å². The lowest BCUT2D eigenvalue weighted by Gasteiger charge is -2.05. The van der Waals surface area contributed by atoms with Crippen molar-refractivity contribution in [2.45, 2.75) is 342 Å². The molecule has 331 valence electrons. The monoisotopic (exact) mass is 772 g/mol. The van der Waals surface area contributed by atoms with Crippen molar-refractivity contribution in [2.24, 2.45) is 5.92 Å². The Labute approximate surface area is 352 Å². The summed E-state index contributed by atoms with van der Waals surface area (Å²) in [5, 5.41) is 0. The Bertz CT molecular complexity index is 620. The van der Waals surface area contributed by atoms with Crippen molar-refractivity contribution in [1.29, 1.82) is 0 Å². The second-order valence-electron chi connectivity index (χ2n) is 19.3. The first kappa shape index (κ1) is 55.0. The average molecular weight is 772 g/mol. The van der Waals surface area contributed by atoms with Gasteiger partial charge in [-0.15, -0.1) is 0 Å². The Morgan fingerprint density at radius 3 is 0.564 bits per heavy atom. The number of hydrogen-bond donors (Lipinski definition) is 0. The van der Waals surface area contributed by atoms with Crippen molar-refractivity contribution >= 4 is 0 Å². The molecule has 0 heteroatoms. The Morgan fingerprint density at radius 2 is 0.382 bits per heavy atom. The molecule has 0 aromatic heterocycles. The molecule has 0 bridgehead atoms. The third-order valence-corrected chi connectivity index (χ3v) is 13.0. The Morgan fingerprint density at radius 1 is 0.218 bits per heavy atom. The quantitative estimate of drug-likeness (QED) is 0.0540. The van der Waals surface area contributed by atoms with Crippen molar-refractivity contribution in [1.82, 2.24) is 0 Å². The topological polar surface area (TPSA) is 0 Å². The van der Waals surface area contributed by atoms with E-state index in [0.717, 1.165) is 5.92 Å². The summed E-state index contributed by atoms with van der Waals surface area (Å²) in [5.41, 5.74) is 0. The SMILES string of the molecule is CCCCCCCCCCCCCCCCCCCCCCCCCCC[CH]CCCCCCCCCCCCCCCCCCCCCCCCC(C)C. The van der Waals surface area contributed by atoms with Gasteiger partial charge in [0.2, 0.25) is 0 Å². The van der Waals surface area contributed by atoms with Crippen molar-refractivity contribution < 1.29 is 0 Å². The first-order chi connectivity index (χ1) is 27.3. The molecule has 0 nitrogen and oxygen atoms in total. The normalized spacial score (nSPS) is 11.8. The van der Waals surface area contributed by atoms with Crippen molar-refractivity contribution in [2.75, 3.05) is 0 Å². The maximum atomic E-state index is 2.61. The van der Waals surface area contributed by atoms with Crippen LogP contribution in [0.25, 0.3) is 0 Å². The van der Waals surface area contributed by atoms with Gasteiger partial charge in [0.15, 0.2) is 0 Å². The molecule has 0 spiro atoms. The summed E-state index contributed by atoms with van der Waals surface area (Å²) in [5.74, 6) is 0.895. The van der Waals surface area contributed by atoms with Crippen LogP contribution in [0.2, 0.25) is 0 Å².